The summed E-state index contributed by atoms with van der Waals surface area (Å²) in [5.41, 5.74) is 3.76. The Morgan fingerprint density at radius 2 is 1.86 bits per heavy atom. The molecule has 8 heteroatoms. The number of hydrogen-bond donors (Lipinski definition) is 1. The minimum atomic E-state index is -4.79. The maximum absolute atomic E-state index is 13.6. The standard InChI is InChI=1S/C27H22F3N3O2/c1-17-5-10-23-24(11-17)32-26(14-20(15-26)13-18-3-2-4-19(12-18)16-31)33(25(23)34)21-6-8-22(9-7-21)35-27(28,29)30/h2-12,20,32H,13-15H2,1H3. The number of benzene rings is 3. The van der Waals surface area contributed by atoms with Gasteiger partial charge in [0.2, 0.25) is 0 Å². The second-order valence-corrected chi connectivity index (χ2v) is 9.18. The van der Waals surface area contributed by atoms with Gasteiger partial charge in [0.05, 0.1) is 17.2 Å². The van der Waals surface area contributed by atoms with E-state index in [-0.39, 0.29) is 17.6 Å². The highest BCUT2D eigenvalue weighted by Gasteiger charge is 2.54. The Kier molecular flexibility index (Phi) is 5.43. The van der Waals surface area contributed by atoms with Gasteiger partial charge in [-0.25, -0.2) is 0 Å². The van der Waals surface area contributed by atoms with E-state index >= 15 is 0 Å². The third-order valence-corrected chi connectivity index (χ3v) is 6.57. The van der Waals surface area contributed by atoms with Crippen molar-refractivity contribution in [3.63, 3.8) is 0 Å². The number of nitrogens with one attached hydrogen (secondary N) is 1. The Hall–Kier alpha value is -3.99. The van der Waals surface area contributed by atoms with E-state index in [4.69, 9.17) is 0 Å². The maximum Gasteiger partial charge on any atom is 0.573 e. The van der Waals surface area contributed by atoms with Crippen LogP contribution in [-0.4, -0.2) is 17.9 Å². The second-order valence-electron chi connectivity index (χ2n) is 9.18. The molecule has 3 aromatic carbocycles. The van der Waals surface area contributed by atoms with E-state index in [0.717, 1.165) is 23.2 Å². The van der Waals surface area contributed by atoms with Crippen LogP contribution in [0.2, 0.25) is 0 Å². The van der Waals surface area contributed by atoms with Gasteiger partial charge in [0.25, 0.3) is 5.91 Å². The van der Waals surface area contributed by atoms with Crippen LogP contribution >= 0.6 is 0 Å². The number of anilines is 2. The summed E-state index contributed by atoms with van der Waals surface area (Å²) in [7, 11) is 0. The summed E-state index contributed by atoms with van der Waals surface area (Å²) in [6.45, 7) is 1.95. The molecule has 1 heterocycles. The molecule has 1 amide bonds. The predicted molar refractivity (Wildman–Crippen MR) is 125 cm³/mol. The van der Waals surface area contributed by atoms with Crippen LogP contribution in [0.1, 0.15) is 39.9 Å². The molecule has 0 bridgehead atoms. The van der Waals surface area contributed by atoms with E-state index < -0.39 is 12.0 Å². The van der Waals surface area contributed by atoms with Gasteiger partial charge in [-0.1, -0.05) is 18.2 Å². The van der Waals surface area contributed by atoms with Gasteiger partial charge >= 0.3 is 6.36 Å². The molecule has 0 aromatic heterocycles. The molecule has 1 N–H and O–H groups in total. The number of nitriles is 1. The SMILES string of the molecule is Cc1ccc2c(c1)NC1(CC(Cc3cccc(C#N)c3)C1)N(c1ccc(OC(F)(F)F)cc1)C2=O. The third-order valence-electron chi connectivity index (χ3n) is 6.57. The van der Waals surface area contributed by atoms with Crippen molar-refractivity contribution < 1.29 is 22.7 Å². The first-order valence-electron chi connectivity index (χ1n) is 11.2. The smallest absolute Gasteiger partial charge is 0.406 e. The topological polar surface area (TPSA) is 65.4 Å². The molecule has 2 aliphatic rings. The maximum atomic E-state index is 13.6. The fourth-order valence-corrected chi connectivity index (χ4v) is 5.16. The number of hydrogen-bond acceptors (Lipinski definition) is 4. The Bertz CT molecular complexity index is 1320. The minimum absolute atomic E-state index is 0.201. The molecule has 3 aromatic rings. The summed E-state index contributed by atoms with van der Waals surface area (Å²) >= 11 is 0. The number of halogens is 3. The first kappa shape index (κ1) is 22.8. The largest absolute Gasteiger partial charge is 0.573 e. The van der Waals surface area contributed by atoms with Crippen LogP contribution in [0.15, 0.2) is 66.7 Å². The van der Waals surface area contributed by atoms with Crippen LogP contribution in [0.5, 0.6) is 5.75 Å². The van der Waals surface area contributed by atoms with Crippen molar-refractivity contribution in [3.05, 3.63) is 89.0 Å². The van der Waals surface area contributed by atoms with E-state index in [1.165, 1.54) is 24.3 Å². The van der Waals surface area contributed by atoms with Crippen LogP contribution in [-0.2, 0) is 6.42 Å². The van der Waals surface area contributed by atoms with Crippen LogP contribution in [0.3, 0.4) is 0 Å². The highest BCUT2D eigenvalue weighted by atomic mass is 19.4. The molecular weight excluding hydrogens is 455 g/mol. The molecule has 5 nitrogen and oxygen atoms in total. The molecule has 0 saturated heterocycles. The van der Waals surface area contributed by atoms with Gasteiger partial charge in [-0.15, -0.1) is 13.2 Å². The number of carbonyl (C=O) groups is 1. The molecule has 1 spiro atoms. The van der Waals surface area contributed by atoms with E-state index in [2.05, 4.69) is 16.1 Å². The highest BCUT2D eigenvalue weighted by Crippen LogP contribution is 2.50. The number of alkyl halides is 3. The van der Waals surface area contributed by atoms with Gasteiger partial charge in [-0.05, 0) is 91.8 Å². The zero-order valence-electron chi connectivity index (χ0n) is 18.9. The van der Waals surface area contributed by atoms with E-state index in [0.29, 0.717) is 29.7 Å². The van der Waals surface area contributed by atoms with Crippen molar-refractivity contribution in [1.82, 2.24) is 0 Å². The zero-order valence-corrected chi connectivity index (χ0v) is 18.9. The Labute approximate surface area is 200 Å². The van der Waals surface area contributed by atoms with Crippen LogP contribution < -0.4 is 15.0 Å². The average Bonchev–Trinajstić information content (AvgIpc) is 2.78. The van der Waals surface area contributed by atoms with E-state index in [1.54, 1.807) is 17.0 Å². The molecule has 35 heavy (non-hydrogen) atoms. The predicted octanol–water partition coefficient (Wildman–Crippen LogP) is 6.19. The van der Waals surface area contributed by atoms with Gasteiger partial charge in [0, 0.05) is 11.4 Å². The molecule has 0 radical (unpaired) electrons. The van der Waals surface area contributed by atoms with Crippen molar-refractivity contribution in [2.24, 2.45) is 5.92 Å². The van der Waals surface area contributed by atoms with Crippen molar-refractivity contribution in [1.29, 1.82) is 5.26 Å². The fraction of sp³-hybridized carbons (Fsp3) is 0.259. The lowest BCUT2D eigenvalue weighted by molar-refractivity contribution is -0.274. The molecule has 5 rings (SSSR count). The number of carbonyl (C=O) groups excluding carboxylic acids is 1. The van der Waals surface area contributed by atoms with Crippen molar-refractivity contribution in [3.8, 4) is 11.8 Å². The van der Waals surface area contributed by atoms with E-state index in [9.17, 15) is 23.2 Å². The summed E-state index contributed by atoms with van der Waals surface area (Å²) in [5.74, 6) is -0.272. The summed E-state index contributed by atoms with van der Waals surface area (Å²) in [5, 5.41) is 12.7. The molecule has 1 aliphatic carbocycles. The lowest BCUT2D eigenvalue weighted by Crippen LogP contribution is -2.67. The molecule has 1 fully saturated rings. The number of ether oxygens (including phenoxy) is 1. The van der Waals surface area contributed by atoms with Crippen molar-refractivity contribution in [2.75, 3.05) is 10.2 Å². The highest BCUT2D eigenvalue weighted by molar-refractivity contribution is 6.13. The number of amides is 1. The third kappa shape index (κ3) is 4.42. The quantitative estimate of drug-likeness (QED) is 0.487. The summed E-state index contributed by atoms with van der Waals surface area (Å²) in [6, 6.07) is 20.6. The lowest BCUT2D eigenvalue weighted by Gasteiger charge is -2.57. The van der Waals surface area contributed by atoms with Gasteiger partial charge in [0.15, 0.2) is 0 Å². The normalized spacial score (nSPS) is 21.1. The van der Waals surface area contributed by atoms with Gasteiger partial charge < -0.3 is 10.1 Å². The number of rotatable bonds is 4. The Balaban J connectivity index is 1.45. The molecular formula is C27H22F3N3O2. The molecule has 1 saturated carbocycles. The van der Waals surface area contributed by atoms with Crippen LogP contribution in [0.25, 0.3) is 0 Å². The Morgan fingerprint density at radius 3 is 2.54 bits per heavy atom. The molecule has 0 atom stereocenters. The van der Waals surface area contributed by atoms with Crippen LogP contribution in [0.4, 0.5) is 24.5 Å². The second kappa shape index (κ2) is 8.35. The monoisotopic (exact) mass is 477 g/mol. The average molecular weight is 477 g/mol. The molecule has 1 aliphatic heterocycles. The molecule has 0 unspecified atom stereocenters. The Morgan fingerprint density at radius 1 is 1.11 bits per heavy atom. The van der Waals surface area contributed by atoms with Gasteiger partial charge in [-0.2, -0.15) is 5.26 Å². The van der Waals surface area contributed by atoms with Crippen LogP contribution in [0, 0.1) is 24.2 Å². The first-order valence-corrected chi connectivity index (χ1v) is 11.2. The number of fused-ring (bicyclic) bond motifs is 1. The fourth-order valence-electron chi connectivity index (χ4n) is 5.16. The van der Waals surface area contributed by atoms with Gasteiger partial charge in [0.1, 0.15) is 11.4 Å². The van der Waals surface area contributed by atoms with Crippen molar-refractivity contribution >= 4 is 17.3 Å². The summed E-state index contributed by atoms with van der Waals surface area (Å²) < 4.78 is 41.8. The first-order chi connectivity index (χ1) is 16.7. The number of aryl methyl sites for hydroxylation is 1. The summed E-state index contributed by atoms with van der Waals surface area (Å²) in [4.78, 5) is 15.3. The van der Waals surface area contributed by atoms with Crippen molar-refractivity contribution in [2.45, 2.75) is 38.2 Å². The van der Waals surface area contributed by atoms with E-state index in [1.807, 2.05) is 37.3 Å². The lowest BCUT2D eigenvalue weighted by atomic mass is 9.69. The number of nitrogens with zero attached hydrogens (tertiary/aromatic N) is 2. The molecule has 178 valence electrons. The minimum Gasteiger partial charge on any atom is -0.406 e. The van der Waals surface area contributed by atoms with Gasteiger partial charge in [-0.3, -0.25) is 9.69 Å². The zero-order chi connectivity index (χ0) is 24.8. The summed E-state index contributed by atoms with van der Waals surface area (Å²) in [6.07, 6.45) is -2.71.